The quantitative estimate of drug-likeness (QED) is 0.421. The monoisotopic (exact) mass is 643 g/mol. The fourth-order valence-electron chi connectivity index (χ4n) is 6.44. The van der Waals surface area contributed by atoms with Crippen molar-refractivity contribution in [1.29, 1.82) is 0 Å². The Labute approximate surface area is 275 Å². The molecule has 2 aromatic carbocycles. The lowest BCUT2D eigenvalue weighted by Crippen LogP contribution is -2.50. The topological polar surface area (TPSA) is 123 Å². The average molecular weight is 644 g/mol. The van der Waals surface area contributed by atoms with Gasteiger partial charge in [0.25, 0.3) is 5.56 Å². The van der Waals surface area contributed by atoms with E-state index in [1.54, 1.807) is 25.7 Å². The van der Waals surface area contributed by atoms with Crippen molar-refractivity contribution in [1.82, 2.24) is 24.3 Å². The SMILES string of the molecule is Cc1cccc(-c2cn(CC(=O)N3CCC(N4CCc5ccccc5CC4=O)CC3)c(=O)n(CCNC(=O)OC(C)(C)C)c2=O)c1C. The summed E-state index contributed by atoms with van der Waals surface area (Å²) in [5.74, 6) is -0.113. The minimum absolute atomic E-state index is 0.0118. The van der Waals surface area contributed by atoms with Crippen LogP contribution in [0.2, 0.25) is 0 Å². The van der Waals surface area contributed by atoms with Gasteiger partial charge in [-0.2, -0.15) is 0 Å². The van der Waals surface area contributed by atoms with E-state index in [2.05, 4.69) is 11.4 Å². The average Bonchev–Trinajstić information content (AvgIpc) is 3.19. The van der Waals surface area contributed by atoms with Gasteiger partial charge < -0.3 is 19.9 Å². The Morgan fingerprint density at radius 1 is 0.915 bits per heavy atom. The first-order valence-electron chi connectivity index (χ1n) is 16.3. The zero-order valence-corrected chi connectivity index (χ0v) is 28.0. The van der Waals surface area contributed by atoms with E-state index in [9.17, 15) is 24.0 Å². The van der Waals surface area contributed by atoms with Crippen LogP contribution in [-0.2, 0) is 40.3 Å². The maximum atomic E-state index is 13.7. The van der Waals surface area contributed by atoms with Crippen LogP contribution >= 0.6 is 0 Å². The van der Waals surface area contributed by atoms with Crippen LogP contribution in [0.4, 0.5) is 4.79 Å². The van der Waals surface area contributed by atoms with Crippen LogP contribution in [0.3, 0.4) is 0 Å². The maximum absolute atomic E-state index is 13.7. The number of fused-ring (bicyclic) bond motifs is 1. The molecule has 11 nitrogen and oxygen atoms in total. The van der Waals surface area contributed by atoms with E-state index in [0.29, 0.717) is 50.0 Å². The number of alkyl carbamates (subject to hydrolysis) is 1. The Morgan fingerprint density at radius 3 is 2.32 bits per heavy atom. The molecule has 0 aliphatic carbocycles. The number of piperidine rings is 1. The normalized spacial score (nSPS) is 15.6. The van der Waals surface area contributed by atoms with Gasteiger partial charge in [0.2, 0.25) is 11.8 Å². The fourth-order valence-corrected chi connectivity index (χ4v) is 6.44. The standard InChI is InChI=1S/C36H45N5O6/c1-24-9-8-12-29(25(24)2)30-22-39(35(46)41(33(30)44)20-16-37-34(45)47-36(3,4)5)23-32(43)38-17-14-28(15-18-38)40-19-13-26-10-6-7-11-27(26)21-31(40)42/h6-12,22,28H,13-21,23H2,1-5H3,(H,37,45). The van der Waals surface area contributed by atoms with Gasteiger partial charge in [-0.25, -0.2) is 9.59 Å². The second kappa shape index (κ2) is 14.0. The lowest BCUT2D eigenvalue weighted by molar-refractivity contribution is -0.136. The van der Waals surface area contributed by atoms with Crippen molar-refractivity contribution >= 4 is 17.9 Å². The van der Waals surface area contributed by atoms with Gasteiger partial charge in [0.05, 0.1) is 12.0 Å². The number of hydrogen-bond acceptors (Lipinski definition) is 6. The molecule has 0 unspecified atom stereocenters. The molecule has 1 saturated heterocycles. The van der Waals surface area contributed by atoms with Crippen LogP contribution in [0.5, 0.6) is 0 Å². The van der Waals surface area contributed by atoms with E-state index >= 15 is 0 Å². The largest absolute Gasteiger partial charge is 0.444 e. The predicted octanol–water partition coefficient (Wildman–Crippen LogP) is 3.44. The number of carbonyl (C=O) groups is 3. The van der Waals surface area contributed by atoms with Gasteiger partial charge in [-0.1, -0.05) is 42.5 Å². The van der Waals surface area contributed by atoms with Crippen molar-refractivity contribution in [3.63, 3.8) is 0 Å². The van der Waals surface area contributed by atoms with Crippen molar-refractivity contribution in [2.75, 3.05) is 26.2 Å². The van der Waals surface area contributed by atoms with Crippen LogP contribution in [0.15, 0.2) is 58.3 Å². The third kappa shape index (κ3) is 7.84. The van der Waals surface area contributed by atoms with Crippen molar-refractivity contribution in [3.8, 4) is 11.1 Å². The Kier molecular flexibility index (Phi) is 10.0. The molecule has 2 aliphatic heterocycles. The van der Waals surface area contributed by atoms with Crippen molar-refractivity contribution in [2.45, 2.75) is 85.0 Å². The number of amides is 3. The summed E-state index contributed by atoms with van der Waals surface area (Å²) in [5, 5.41) is 2.61. The molecule has 1 N–H and O–H groups in total. The lowest BCUT2D eigenvalue weighted by atomic mass is 9.99. The molecule has 1 aromatic heterocycles. The van der Waals surface area contributed by atoms with Gasteiger partial charge in [0.1, 0.15) is 12.1 Å². The van der Waals surface area contributed by atoms with Gasteiger partial charge in [0.15, 0.2) is 0 Å². The molecule has 5 rings (SSSR count). The van der Waals surface area contributed by atoms with Crippen molar-refractivity contribution in [3.05, 3.63) is 91.8 Å². The van der Waals surface area contributed by atoms with E-state index < -0.39 is 22.9 Å². The molecule has 0 spiro atoms. The third-order valence-electron chi connectivity index (χ3n) is 9.10. The molecule has 0 radical (unpaired) electrons. The number of likely N-dealkylation sites (tertiary alicyclic amines) is 1. The van der Waals surface area contributed by atoms with Crippen LogP contribution in [0, 0.1) is 13.8 Å². The number of hydrogen-bond donors (Lipinski definition) is 1. The minimum atomic E-state index is -0.695. The highest BCUT2D eigenvalue weighted by molar-refractivity contribution is 5.80. The summed E-state index contributed by atoms with van der Waals surface area (Å²) in [6.07, 6.45) is 3.35. The van der Waals surface area contributed by atoms with Crippen LogP contribution in [0.1, 0.15) is 55.9 Å². The van der Waals surface area contributed by atoms with Gasteiger partial charge in [0, 0.05) is 45.0 Å². The number of nitrogens with zero attached hydrogens (tertiary/aromatic N) is 4. The fraction of sp³-hybridized carbons (Fsp3) is 0.472. The zero-order chi connectivity index (χ0) is 33.9. The van der Waals surface area contributed by atoms with Crippen LogP contribution in [0.25, 0.3) is 11.1 Å². The summed E-state index contributed by atoms with van der Waals surface area (Å²) >= 11 is 0. The summed E-state index contributed by atoms with van der Waals surface area (Å²) in [7, 11) is 0. The Balaban J connectivity index is 1.32. The highest BCUT2D eigenvalue weighted by Gasteiger charge is 2.31. The highest BCUT2D eigenvalue weighted by atomic mass is 16.6. The summed E-state index contributed by atoms with van der Waals surface area (Å²) in [5.41, 5.74) is 3.33. The predicted molar refractivity (Wildman–Crippen MR) is 179 cm³/mol. The molecule has 0 atom stereocenters. The molecule has 0 saturated carbocycles. The molecule has 2 aliphatic rings. The molecule has 1 fully saturated rings. The Morgan fingerprint density at radius 2 is 1.62 bits per heavy atom. The molecule has 3 amide bonds. The molecule has 0 bridgehead atoms. The van der Waals surface area contributed by atoms with Crippen molar-refractivity contribution < 1.29 is 19.1 Å². The number of rotatable bonds is 7. The second-order valence-corrected chi connectivity index (χ2v) is 13.5. The minimum Gasteiger partial charge on any atom is -0.444 e. The van der Waals surface area contributed by atoms with E-state index in [0.717, 1.165) is 27.7 Å². The Hall–Kier alpha value is -4.67. The number of aromatic nitrogens is 2. The van der Waals surface area contributed by atoms with E-state index in [-0.39, 0.29) is 37.5 Å². The molecule has 3 aromatic rings. The highest BCUT2D eigenvalue weighted by Crippen LogP contribution is 2.24. The first kappa shape index (κ1) is 33.7. The number of ether oxygens (including phenoxy) is 1. The first-order valence-corrected chi connectivity index (χ1v) is 16.3. The first-order chi connectivity index (χ1) is 22.3. The summed E-state index contributed by atoms with van der Waals surface area (Å²) in [4.78, 5) is 70.0. The summed E-state index contributed by atoms with van der Waals surface area (Å²) in [6.45, 7) is 10.4. The summed E-state index contributed by atoms with van der Waals surface area (Å²) in [6, 6.07) is 13.8. The molecule has 11 heteroatoms. The Bertz CT molecular complexity index is 1780. The van der Waals surface area contributed by atoms with Crippen LogP contribution < -0.4 is 16.6 Å². The maximum Gasteiger partial charge on any atom is 0.407 e. The van der Waals surface area contributed by atoms with Gasteiger partial charge in [-0.3, -0.25) is 23.5 Å². The molecular formula is C36H45N5O6. The van der Waals surface area contributed by atoms with E-state index in [4.69, 9.17) is 4.74 Å². The van der Waals surface area contributed by atoms with Gasteiger partial charge in [-0.05, 0) is 81.7 Å². The zero-order valence-electron chi connectivity index (χ0n) is 28.0. The number of nitrogens with one attached hydrogen (secondary N) is 1. The number of benzene rings is 2. The van der Waals surface area contributed by atoms with Gasteiger partial charge in [-0.15, -0.1) is 0 Å². The van der Waals surface area contributed by atoms with Crippen molar-refractivity contribution in [2.24, 2.45) is 0 Å². The lowest BCUT2D eigenvalue weighted by Gasteiger charge is -2.38. The third-order valence-corrected chi connectivity index (χ3v) is 9.10. The number of aryl methyl sites for hydroxylation is 1. The summed E-state index contributed by atoms with van der Waals surface area (Å²) < 4.78 is 7.64. The molecule has 47 heavy (non-hydrogen) atoms. The van der Waals surface area contributed by atoms with E-state index in [1.165, 1.54) is 16.3 Å². The smallest absolute Gasteiger partial charge is 0.407 e. The van der Waals surface area contributed by atoms with Crippen LogP contribution in [-0.4, -0.2) is 74.7 Å². The van der Waals surface area contributed by atoms with Gasteiger partial charge >= 0.3 is 11.8 Å². The van der Waals surface area contributed by atoms with E-state index in [1.807, 2.05) is 55.1 Å². The number of carbonyl (C=O) groups excluding carboxylic acids is 3. The molecule has 3 heterocycles. The molecule has 250 valence electrons. The second-order valence-electron chi connectivity index (χ2n) is 13.5. The molecular weight excluding hydrogens is 598 g/mol.